The van der Waals surface area contributed by atoms with Crippen LogP contribution in [0.2, 0.25) is 5.02 Å². The van der Waals surface area contributed by atoms with Gasteiger partial charge in [0.05, 0.1) is 0 Å². The monoisotopic (exact) mass is 244 g/mol. The molecular formula is C12H18ClFN2. The smallest absolute Gasteiger partial charge is 0.126 e. The van der Waals surface area contributed by atoms with Crippen molar-refractivity contribution in [3.8, 4) is 0 Å². The molecule has 0 aliphatic heterocycles. The van der Waals surface area contributed by atoms with Crippen LogP contribution in [-0.2, 0) is 6.54 Å². The summed E-state index contributed by atoms with van der Waals surface area (Å²) < 4.78 is 13.3. The number of benzene rings is 1. The van der Waals surface area contributed by atoms with Gasteiger partial charge in [-0.25, -0.2) is 4.39 Å². The van der Waals surface area contributed by atoms with Gasteiger partial charge < -0.3 is 11.1 Å². The van der Waals surface area contributed by atoms with E-state index in [-0.39, 0.29) is 11.4 Å². The first kappa shape index (κ1) is 13.4. The molecule has 16 heavy (non-hydrogen) atoms. The van der Waals surface area contributed by atoms with E-state index in [0.29, 0.717) is 23.7 Å². The van der Waals surface area contributed by atoms with Crippen molar-refractivity contribution >= 4 is 11.6 Å². The molecule has 0 bridgehead atoms. The van der Waals surface area contributed by atoms with Gasteiger partial charge in [0, 0.05) is 23.7 Å². The molecule has 0 heterocycles. The summed E-state index contributed by atoms with van der Waals surface area (Å²) in [5.41, 5.74) is 6.86. The highest BCUT2D eigenvalue weighted by Crippen LogP contribution is 2.20. The van der Waals surface area contributed by atoms with Crippen molar-refractivity contribution in [3.63, 3.8) is 0 Å². The Balaban J connectivity index is 2.64. The summed E-state index contributed by atoms with van der Waals surface area (Å²) in [6.07, 6.45) is 0. The van der Waals surface area contributed by atoms with Crippen LogP contribution in [0.3, 0.4) is 0 Å². The quantitative estimate of drug-likeness (QED) is 0.855. The van der Waals surface area contributed by atoms with Crippen molar-refractivity contribution in [2.75, 3.05) is 6.54 Å². The molecule has 0 spiro atoms. The number of aryl methyl sites for hydroxylation is 1. The summed E-state index contributed by atoms with van der Waals surface area (Å²) in [6, 6.07) is 3.11. The Labute approximate surface area is 101 Å². The first-order valence-corrected chi connectivity index (χ1v) is 5.61. The molecule has 2 nitrogen and oxygen atoms in total. The third kappa shape index (κ3) is 4.08. The third-order valence-corrected chi connectivity index (χ3v) is 2.58. The fourth-order valence-electron chi connectivity index (χ4n) is 1.34. The van der Waals surface area contributed by atoms with Crippen LogP contribution in [0.15, 0.2) is 12.1 Å². The zero-order valence-electron chi connectivity index (χ0n) is 9.90. The van der Waals surface area contributed by atoms with E-state index >= 15 is 0 Å². The molecule has 0 aliphatic rings. The van der Waals surface area contributed by atoms with Crippen molar-refractivity contribution in [2.24, 2.45) is 5.73 Å². The first-order valence-electron chi connectivity index (χ1n) is 5.24. The van der Waals surface area contributed by atoms with E-state index in [2.05, 4.69) is 5.32 Å². The zero-order chi connectivity index (χ0) is 12.3. The highest BCUT2D eigenvalue weighted by atomic mass is 35.5. The van der Waals surface area contributed by atoms with Crippen LogP contribution in [-0.4, -0.2) is 12.1 Å². The molecular weight excluding hydrogens is 227 g/mol. The second-order valence-corrected chi connectivity index (χ2v) is 5.19. The molecule has 0 radical (unpaired) electrons. The Morgan fingerprint density at radius 1 is 1.44 bits per heavy atom. The Morgan fingerprint density at radius 2 is 2.06 bits per heavy atom. The van der Waals surface area contributed by atoms with Crippen LogP contribution < -0.4 is 11.1 Å². The standard InChI is InChI=1S/C12H18ClFN2/c1-8-4-10(13)9(5-11(8)14)6-16-7-12(2,3)15/h4-5,16H,6-7,15H2,1-3H3. The summed E-state index contributed by atoms with van der Waals surface area (Å²) in [4.78, 5) is 0. The molecule has 0 saturated heterocycles. The number of hydrogen-bond acceptors (Lipinski definition) is 2. The summed E-state index contributed by atoms with van der Waals surface area (Å²) in [7, 11) is 0. The average Bonchev–Trinajstić information content (AvgIpc) is 2.11. The van der Waals surface area contributed by atoms with Gasteiger partial charge in [-0.1, -0.05) is 11.6 Å². The predicted molar refractivity (Wildman–Crippen MR) is 66.1 cm³/mol. The number of halogens is 2. The molecule has 4 heteroatoms. The summed E-state index contributed by atoms with van der Waals surface area (Å²) >= 11 is 6.01. The van der Waals surface area contributed by atoms with E-state index in [9.17, 15) is 4.39 Å². The molecule has 3 N–H and O–H groups in total. The van der Waals surface area contributed by atoms with Gasteiger partial charge in [0.15, 0.2) is 0 Å². The van der Waals surface area contributed by atoms with Gasteiger partial charge in [0.2, 0.25) is 0 Å². The van der Waals surface area contributed by atoms with Crippen molar-refractivity contribution < 1.29 is 4.39 Å². The van der Waals surface area contributed by atoms with Crippen molar-refractivity contribution in [1.29, 1.82) is 0 Å². The fraction of sp³-hybridized carbons (Fsp3) is 0.500. The van der Waals surface area contributed by atoms with E-state index in [4.69, 9.17) is 17.3 Å². The lowest BCUT2D eigenvalue weighted by Gasteiger charge is -2.19. The Kier molecular flexibility index (Phi) is 4.30. The van der Waals surface area contributed by atoms with Crippen molar-refractivity contribution in [1.82, 2.24) is 5.32 Å². The van der Waals surface area contributed by atoms with Gasteiger partial charge in [0.25, 0.3) is 0 Å². The molecule has 0 saturated carbocycles. The van der Waals surface area contributed by atoms with E-state index in [1.807, 2.05) is 13.8 Å². The molecule has 0 unspecified atom stereocenters. The lowest BCUT2D eigenvalue weighted by Crippen LogP contribution is -2.42. The van der Waals surface area contributed by atoms with Gasteiger partial charge in [-0.2, -0.15) is 0 Å². The van der Waals surface area contributed by atoms with Gasteiger partial charge in [-0.15, -0.1) is 0 Å². The first-order chi connectivity index (χ1) is 7.29. The minimum atomic E-state index is -0.282. The maximum Gasteiger partial charge on any atom is 0.126 e. The lowest BCUT2D eigenvalue weighted by molar-refractivity contribution is 0.466. The molecule has 0 amide bonds. The van der Waals surface area contributed by atoms with Crippen LogP contribution in [0.1, 0.15) is 25.0 Å². The Bertz CT molecular complexity index is 372. The Morgan fingerprint density at radius 3 is 2.62 bits per heavy atom. The topological polar surface area (TPSA) is 38.0 Å². The maximum atomic E-state index is 13.3. The lowest BCUT2D eigenvalue weighted by atomic mass is 10.1. The van der Waals surface area contributed by atoms with Crippen LogP contribution >= 0.6 is 11.6 Å². The predicted octanol–water partition coefficient (Wildman–Crippen LogP) is 2.61. The van der Waals surface area contributed by atoms with Crippen molar-refractivity contribution in [2.45, 2.75) is 32.9 Å². The largest absolute Gasteiger partial charge is 0.324 e. The molecule has 1 aromatic rings. The normalized spacial score (nSPS) is 11.9. The maximum absolute atomic E-state index is 13.3. The highest BCUT2D eigenvalue weighted by Gasteiger charge is 2.10. The Hall–Kier alpha value is -0.640. The van der Waals surface area contributed by atoms with Crippen LogP contribution in [0.5, 0.6) is 0 Å². The summed E-state index contributed by atoms with van der Waals surface area (Å²) in [5, 5.41) is 3.74. The second kappa shape index (κ2) is 5.13. The fourth-order valence-corrected chi connectivity index (χ4v) is 1.63. The second-order valence-electron chi connectivity index (χ2n) is 4.78. The number of rotatable bonds is 4. The SMILES string of the molecule is Cc1cc(Cl)c(CNCC(C)(C)N)cc1F. The average molecular weight is 245 g/mol. The molecule has 90 valence electrons. The van der Waals surface area contributed by atoms with E-state index < -0.39 is 0 Å². The number of nitrogens with two attached hydrogens (primary N) is 1. The highest BCUT2D eigenvalue weighted by molar-refractivity contribution is 6.31. The molecule has 1 aromatic carbocycles. The molecule has 0 aliphatic carbocycles. The molecule has 0 atom stereocenters. The zero-order valence-corrected chi connectivity index (χ0v) is 10.7. The molecule has 1 rings (SSSR count). The van der Waals surface area contributed by atoms with Crippen LogP contribution in [0.25, 0.3) is 0 Å². The van der Waals surface area contributed by atoms with Crippen LogP contribution in [0, 0.1) is 12.7 Å². The molecule has 0 fully saturated rings. The van der Waals surface area contributed by atoms with Gasteiger partial charge in [-0.3, -0.25) is 0 Å². The van der Waals surface area contributed by atoms with Gasteiger partial charge in [-0.05, 0) is 44.0 Å². The molecule has 0 aromatic heterocycles. The summed E-state index contributed by atoms with van der Waals surface area (Å²) in [6.45, 7) is 6.73. The third-order valence-electron chi connectivity index (χ3n) is 2.22. The summed E-state index contributed by atoms with van der Waals surface area (Å²) in [5.74, 6) is -0.229. The van der Waals surface area contributed by atoms with E-state index in [1.54, 1.807) is 13.0 Å². The van der Waals surface area contributed by atoms with E-state index in [0.717, 1.165) is 5.56 Å². The van der Waals surface area contributed by atoms with Crippen molar-refractivity contribution in [3.05, 3.63) is 34.1 Å². The van der Waals surface area contributed by atoms with Gasteiger partial charge >= 0.3 is 0 Å². The number of nitrogens with one attached hydrogen (secondary N) is 1. The van der Waals surface area contributed by atoms with E-state index in [1.165, 1.54) is 6.07 Å². The van der Waals surface area contributed by atoms with Gasteiger partial charge in [0.1, 0.15) is 5.82 Å². The minimum Gasteiger partial charge on any atom is -0.324 e. The van der Waals surface area contributed by atoms with Crippen LogP contribution in [0.4, 0.5) is 4.39 Å². The number of hydrogen-bond donors (Lipinski definition) is 2. The minimum absolute atomic E-state index is 0.229.